The zero-order chi connectivity index (χ0) is 12.5. The molecule has 2 heterocycles. The molecular formula is C13H28N4. The van der Waals surface area contributed by atoms with Crippen molar-refractivity contribution in [3.8, 4) is 0 Å². The second-order valence-corrected chi connectivity index (χ2v) is 6.06. The average Bonchev–Trinajstić information content (AvgIpc) is 2.72. The van der Waals surface area contributed by atoms with Crippen LogP contribution in [0.3, 0.4) is 0 Å². The lowest BCUT2D eigenvalue weighted by atomic mass is 9.92. The minimum atomic E-state index is 0.231. The minimum Gasteiger partial charge on any atom is -0.329 e. The van der Waals surface area contributed by atoms with Crippen molar-refractivity contribution in [2.24, 2.45) is 5.73 Å². The number of nitrogens with two attached hydrogens (primary N) is 1. The Bertz CT molecular complexity index is 250. The van der Waals surface area contributed by atoms with Crippen LogP contribution >= 0.6 is 0 Å². The highest BCUT2D eigenvalue weighted by Gasteiger charge is 2.42. The van der Waals surface area contributed by atoms with Crippen LogP contribution < -0.4 is 5.73 Å². The van der Waals surface area contributed by atoms with Crippen LogP contribution in [0, 0.1) is 0 Å². The van der Waals surface area contributed by atoms with E-state index in [1.807, 2.05) is 0 Å². The molecule has 1 atom stereocenters. The van der Waals surface area contributed by atoms with Crippen LogP contribution in [0.4, 0.5) is 0 Å². The fourth-order valence-corrected chi connectivity index (χ4v) is 3.43. The molecule has 2 N–H and O–H groups in total. The summed E-state index contributed by atoms with van der Waals surface area (Å²) in [6, 6.07) is 0.723. The first-order valence-electron chi connectivity index (χ1n) is 6.87. The van der Waals surface area contributed by atoms with Gasteiger partial charge in [-0.05, 0) is 60.0 Å². The second-order valence-electron chi connectivity index (χ2n) is 6.06. The van der Waals surface area contributed by atoms with Crippen LogP contribution in [0.5, 0.6) is 0 Å². The molecule has 2 rings (SSSR count). The summed E-state index contributed by atoms with van der Waals surface area (Å²) in [6.07, 6.45) is 3.81. The van der Waals surface area contributed by atoms with Crippen molar-refractivity contribution in [3.63, 3.8) is 0 Å². The van der Waals surface area contributed by atoms with Gasteiger partial charge in [-0.15, -0.1) is 0 Å². The third-order valence-electron chi connectivity index (χ3n) is 4.89. The topological polar surface area (TPSA) is 35.7 Å². The van der Waals surface area contributed by atoms with Crippen LogP contribution in [0.2, 0.25) is 0 Å². The van der Waals surface area contributed by atoms with Crippen LogP contribution in [0.25, 0.3) is 0 Å². The van der Waals surface area contributed by atoms with E-state index in [1.165, 1.54) is 38.9 Å². The molecule has 2 fully saturated rings. The molecule has 0 bridgehead atoms. The average molecular weight is 240 g/mol. The highest BCUT2D eigenvalue weighted by Crippen LogP contribution is 2.29. The van der Waals surface area contributed by atoms with Crippen molar-refractivity contribution in [1.29, 1.82) is 0 Å². The van der Waals surface area contributed by atoms with Gasteiger partial charge in [0.2, 0.25) is 0 Å². The fraction of sp³-hybridized carbons (Fsp3) is 1.00. The molecule has 1 unspecified atom stereocenters. The predicted molar refractivity (Wildman–Crippen MR) is 72.2 cm³/mol. The van der Waals surface area contributed by atoms with Gasteiger partial charge in [0, 0.05) is 24.7 Å². The maximum absolute atomic E-state index is 6.09. The number of likely N-dealkylation sites (tertiary alicyclic amines) is 2. The quantitative estimate of drug-likeness (QED) is 0.756. The molecule has 0 amide bonds. The first kappa shape index (κ1) is 13.3. The lowest BCUT2D eigenvalue weighted by molar-refractivity contribution is 0.0496. The molecular weight excluding hydrogens is 212 g/mol. The van der Waals surface area contributed by atoms with Gasteiger partial charge in [-0.25, -0.2) is 0 Å². The Labute approximate surface area is 106 Å². The van der Waals surface area contributed by atoms with Gasteiger partial charge < -0.3 is 15.5 Å². The third kappa shape index (κ3) is 2.65. The van der Waals surface area contributed by atoms with E-state index < -0.39 is 0 Å². The highest BCUT2D eigenvalue weighted by molar-refractivity contribution is 5.00. The maximum atomic E-state index is 6.09. The van der Waals surface area contributed by atoms with E-state index in [2.05, 4.69) is 35.8 Å². The summed E-state index contributed by atoms with van der Waals surface area (Å²) < 4.78 is 0. The SMILES string of the molecule is CN1CCC(N(C)C2(CN)CCN(C)C2)CC1. The largest absolute Gasteiger partial charge is 0.329 e. The van der Waals surface area contributed by atoms with E-state index >= 15 is 0 Å². The van der Waals surface area contributed by atoms with Crippen LogP contribution in [-0.4, -0.2) is 80.1 Å². The number of rotatable bonds is 3. The minimum absolute atomic E-state index is 0.231. The smallest absolute Gasteiger partial charge is 0.0470 e. The van der Waals surface area contributed by atoms with Gasteiger partial charge in [-0.3, -0.25) is 4.90 Å². The highest BCUT2D eigenvalue weighted by atomic mass is 15.3. The molecule has 0 aromatic rings. The van der Waals surface area contributed by atoms with E-state index in [9.17, 15) is 0 Å². The number of nitrogens with zero attached hydrogens (tertiary/aromatic N) is 3. The zero-order valence-electron chi connectivity index (χ0n) is 11.7. The molecule has 0 aromatic carbocycles. The van der Waals surface area contributed by atoms with Crippen LogP contribution in [0.15, 0.2) is 0 Å². The number of piperidine rings is 1. The molecule has 4 nitrogen and oxygen atoms in total. The van der Waals surface area contributed by atoms with Gasteiger partial charge in [0.05, 0.1) is 0 Å². The molecule has 0 aromatic heterocycles. The van der Waals surface area contributed by atoms with Gasteiger partial charge in [-0.1, -0.05) is 0 Å². The lowest BCUT2D eigenvalue weighted by Crippen LogP contribution is -2.59. The third-order valence-corrected chi connectivity index (χ3v) is 4.89. The van der Waals surface area contributed by atoms with Gasteiger partial charge in [-0.2, -0.15) is 0 Å². The van der Waals surface area contributed by atoms with E-state index in [0.29, 0.717) is 0 Å². The first-order valence-corrected chi connectivity index (χ1v) is 6.87. The molecule has 17 heavy (non-hydrogen) atoms. The van der Waals surface area contributed by atoms with Gasteiger partial charge in [0.1, 0.15) is 0 Å². The van der Waals surface area contributed by atoms with Gasteiger partial charge in [0.25, 0.3) is 0 Å². The number of hydrogen-bond donors (Lipinski definition) is 1. The molecule has 2 aliphatic rings. The molecule has 0 aliphatic carbocycles. The Morgan fingerprint density at radius 2 is 1.82 bits per heavy atom. The van der Waals surface area contributed by atoms with Crippen molar-refractivity contribution in [2.45, 2.75) is 30.8 Å². The molecule has 4 heteroatoms. The van der Waals surface area contributed by atoms with Crippen molar-refractivity contribution >= 4 is 0 Å². The number of likely N-dealkylation sites (N-methyl/N-ethyl adjacent to an activating group) is 2. The summed E-state index contributed by atoms with van der Waals surface area (Å²) in [7, 11) is 6.72. The standard InChI is InChI=1S/C13H28N4/c1-15-7-4-12(5-8-15)17(3)13(10-14)6-9-16(2)11-13/h12H,4-11,14H2,1-3H3. The summed E-state index contributed by atoms with van der Waals surface area (Å²) in [6.45, 7) is 5.57. The Morgan fingerprint density at radius 1 is 1.18 bits per heavy atom. The summed E-state index contributed by atoms with van der Waals surface area (Å²) in [5.74, 6) is 0. The Hall–Kier alpha value is -0.160. The maximum Gasteiger partial charge on any atom is 0.0470 e. The van der Waals surface area contributed by atoms with E-state index in [4.69, 9.17) is 5.73 Å². The van der Waals surface area contributed by atoms with Crippen molar-refractivity contribution in [1.82, 2.24) is 14.7 Å². The van der Waals surface area contributed by atoms with Crippen LogP contribution in [0.1, 0.15) is 19.3 Å². The molecule has 0 radical (unpaired) electrons. The monoisotopic (exact) mass is 240 g/mol. The van der Waals surface area contributed by atoms with E-state index in [1.54, 1.807) is 0 Å². The van der Waals surface area contributed by atoms with Crippen LogP contribution in [-0.2, 0) is 0 Å². The Balaban J connectivity index is 2.00. The van der Waals surface area contributed by atoms with Gasteiger partial charge in [0.15, 0.2) is 0 Å². The zero-order valence-corrected chi connectivity index (χ0v) is 11.7. The molecule has 0 saturated carbocycles. The van der Waals surface area contributed by atoms with Gasteiger partial charge >= 0.3 is 0 Å². The Morgan fingerprint density at radius 3 is 2.29 bits per heavy atom. The van der Waals surface area contributed by atoms with Crippen molar-refractivity contribution < 1.29 is 0 Å². The first-order chi connectivity index (χ1) is 8.07. The summed E-state index contributed by atoms with van der Waals surface area (Å²) >= 11 is 0. The summed E-state index contributed by atoms with van der Waals surface area (Å²) in [4.78, 5) is 7.45. The fourth-order valence-electron chi connectivity index (χ4n) is 3.43. The molecule has 2 saturated heterocycles. The summed E-state index contributed by atoms with van der Waals surface area (Å²) in [5.41, 5.74) is 6.32. The van der Waals surface area contributed by atoms with E-state index in [-0.39, 0.29) is 5.54 Å². The second kappa shape index (κ2) is 5.22. The van der Waals surface area contributed by atoms with Crippen molar-refractivity contribution in [3.05, 3.63) is 0 Å². The normalized spacial score (nSPS) is 33.7. The number of hydrogen-bond acceptors (Lipinski definition) is 4. The lowest BCUT2D eigenvalue weighted by Gasteiger charge is -2.45. The Kier molecular flexibility index (Phi) is 4.08. The summed E-state index contributed by atoms with van der Waals surface area (Å²) in [5, 5.41) is 0. The molecule has 2 aliphatic heterocycles. The van der Waals surface area contributed by atoms with Crippen molar-refractivity contribution in [2.75, 3.05) is 53.9 Å². The molecule has 100 valence electrons. The van der Waals surface area contributed by atoms with E-state index in [0.717, 1.165) is 19.1 Å². The predicted octanol–water partition coefficient (Wildman–Crippen LogP) is 0.0454. The molecule has 0 spiro atoms.